The predicted octanol–water partition coefficient (Wildman–Crippen LogP) is 2.58. The minimum absolute atomic E-state index is 0.159. The van der Waals surface area contributed by atoms with Gasteiger partial charge in [-0.1, -0.05) is 12.1 Å². The van der Waals surface area contributed by atoms with Gasteiger partial charge < -0.3 is 19.5 Å². The number of carbonyl (C=O) groups excluding carboxylic acids is 1. The standard InChI is InChI=1S/C18H24N4O2/c23-18-22(11-12-24-18)10-4-9-21-8-3-5-14(13-21)17-19-15-6-1-2-7-16(15)20-17/h1-2,6-7,14H,3-5,8-13H2,(H,19,20). The van der Waals surface area contributed by atoms with E-state index in [1.807, 2.05) is 12.1 Å². The molecule has 2 saturated heterocycles. The Morgan fingerprint density at radius 3 is 3.00 bits per heavy atom. The normalized spacial score (nSPS) is 22.2. The van der Waals surface area contributed by atoms with Gasteiger partial charge in [-0.2, -0.15) is 0 Å². The number of aromatic amines is 1. The van der Waals surface area contributed by atoms with Crippen LogP contribution in [0.1, 0.15) is 31.0 Å². The summed E-state index contributed by atoms with van der Waals surface area (Å²) < 4.78 is 4.97. The Morgan fingerprint density at radius 1 is 1.25 bits per heavy atom. The third-order valence-corrected chi connectivity index (χ3v) is 5.05. The van der Waals surface area contributed by atoms with Crippen molar-refractivity contribution in [1.82, 2.24) is 19.8 Å². The summed E-state index contributed by atoms with van der Waals surface area (Å²) in [6.07, 6.45) is 3.23. The van der Waals surface area contributed by atoms with Crippen LogP contribution in [0.4, 0.5) is 4.79 Å². The fraction of sp³-hybridized carbons (Fsp3) is 0.556. The molecular formula is C18H24N4O2. The van der Waals surface area contributed by atoms with Gasteiger partial charge in [0.1, 0.15) is 12.4 Å². The molecule has 3 heterocycles. The number of benzene rings is 1. The van der Waals surface area contributed by atoms with Gasteiger partial charge in [0.25, 0.3) is 0 Å². The summed E-state index contributed by atoms with van der Waals surface area (Å²) in [5.41, 5.74) is 2.18. The van der Waals surface area contributed by atoms with Crippen LogP contribution in [0.2, 0.25) is 0 Å². The average molecular weight is 328 g/mol. The van der Waals surface area contributed by atoms with Crippen molar-refractivity contribution in [2.45, 2.75) is 25.2 Å². The lowest BCUT2D eigenvalue weighted by molar-refractivity contribution is 0.154. The maximum Gasteiger partial charge on any atom is 0.409 e. The minimum Gasteiger partial charge on any atom is -0.448 e. The smallest absolute Gasteiger partial charge is 0.409 e. The highest BCUT2D eigenvalue weighted by Gasteiger charge is 2.25. The van der Waals surface area contributed by atoms with Gasteiger partial charge in [-0.25, -0.2) is 9.78 Å². The number of rotatable bonds is 5. The van der Waals surface area contributed by atoms with Gasteiger partial charge in [-0.05, 0) is 44.5 Å². The molecule has 0 radical (unpaired) electrons. The Morgan fingerprint density at radius 2 is 2.17 bits per heavy atom. The number of piperidine rings is 1. The SMILES string of the molecule is O=C1OCCN1CCCN1CCCC(c2nc3ccccc3[nH]2)C1. The third-order valence-electron chi connectivity index (χ3n) is 5.05. The van der Waals surface area contributed by atoms with E-state index >= 15 is 0 Å². The molecule has 2 aliphatic rings. The maximum absolute atomic E-state index is 11.5. The number of fused-ring (bicyclic) bond motifs is 1. The lowest BCUT2D eigenvalue weighted by Gasteiger charge is -2.32. The lowest BCUT2D eigenvalue weighted by Crippen LogP contribution is -2.37. The quantitative estimate of drug-likeness (QED) is 0.916. The second kappa shape index (κ2) is 6.81. The summed E-state index contributed by atoms with van der Waals surface area (Å²) in [4.78, 5) is 24.0. The zero-order chi connectivity index (χ0) is 16.4. The molecule has 0 bridgehead atoms. The van der Waals surface area contributed by atoms with Crippen molar-refractivity contribution in [2.24, 2.45) is 0 Å². The van der Waals surface area contributed by atoms with E-state index in [0.29, 0.717) is 12.5 Å². The lowest BCUT2D eigenvalue weighted by atomic mass is 9.97. The second-order valence-corrected chi connectivity index (χ2v) is 6.73. The maximum atomic E-state index is 11.5. The first-order chi connectivity index (χ1) is 11.8. The Hall–Kier alpha value is -2.08. The fourth-order valence-corrected chi connectivity index (χ4v) is 3.76. The molecular weight excluding hydrogens is 304 g/mol. The molecule has 2 aromatic rings. The zero-order valence-corrected chi connectivity index (χ0v) is 13.9. The van der Waals surface area contributed by atoms with Crippen molar-refractivity contribution >= 4 is 17.1 Å². The van der Waals surface area contributed by atoms with E-state index in [9.17, 15) is 4.79 Å². The van der Waals surface area contributed by atoms with Gasteiger partial charge in [0, 0.05) is 19.0 Å². The number of hydrogen-bond acceptors (Lipinski definition) is 4. The Kier molecular flexibility index (Phi) is 4.38. The molecule has 6 heteroatoms. The van der Waals surface area contributed by atoms with Gasteiger partial charge in [0.05, 0.1) is 17.6 Å². The molecule has 1 unspecified atom stereocenters. The number of para-hydroxylation sites is 2. The molecule has 1 N–H and O–H groups in total. The number of ether oxygens (including phenoxy) is 1. The average Bonchev–Trinajstić information content (AvgIpc) is 3.21. The molecule has 1 amide bonds. The van der Waals surface area contributed by atoms with Crippen LogP contribution in [0.3, 0.4) is 0 Å². The van der Waals surface area contributed by atoms with Crippen molar-refractivity contribution in [3.8, 4) is 0 Å². The molecule has 0 aliphatic carbocycles. The van der Waals surface area contributed by atoms with E-state index in [2.05, 4.69) is 22.0 Å². The van der Waals surface area contributed by atoms with E-state index in [1.54, 1.807) is 4.90 Å². The first-order valence-corrected chi connectivity index (χ1v) is 8.88. The Bertz CT molecular complexity index is 681. The molecule has 1 aromatic heterocycles. The predicted molar refractivity (Wildman–Crippen MR) is 92.0 cm³/mol. The first kappa shape index (κ1) is 15.4. The van der Waals surface area contributed by atoms with Crippen molar-refractivity contribution in [3.05, 3.63) is 30.1 Å². The summed E-state index contributed by atoms with van der Waals surface area (Å²) in [7, 11) is 0. The van der Waals surface area contributed by atoms with E-state index in [1.165, 1.54) is 12.8 Å². The molecule has 4 rings (SSSR count). The summed E-state index contributed by atoms with van der Waals surface area (Å²) in [5.74, 6) is 1.59. The summed E-state index contributed by atoms with van der Waals surface area (Å²) >= 11 is 0. The third kappa shape index (κ3) is 3.24. The van der Waals surface area contributed by atoms with Crippen LogP contribution in [0.5, 0.6) is 0 Å². The highest BCUT2D eigenvalue weighted by molar-refractivity contribution is 5.74. The number of imidazole rings is 1. The highest BCUT2D eigenvalue weighted by Crippen LogP contribution is 2.26. The molecule has 2 fully saturated rings. The van der Waals surface area contributed by atoms with Gasteiger partial charge in [0.2, 0.25) is 0 Å². The largest absolute Gasteiger partial charge is 0.448 e. The van der Waals surface area contributed by atoms with E-state index in [0.717, 1.165) is 56.0 Å². The van der Waals surface area contributed by atoms with Gasteiger partial charge in [0.15, 0.2) is 0 Å². The fourth-order valence-electron chi connectivity index (χ4n) is 3.76. The van der Waals surface area contributed by atoms with Crippen LogP contribution in [-0.4, -0.2) is 65.2 Å². The second-order valence-electron chi connectivity index (χ2n) is 6.73. The van der Waals surface area contributed by atoms with Crippen molar-refractivity contribution in [3.63, 3.8) is 0 Å². The van der Waals surface area contributed by atoms with Crippen LogP contribution >= 0.6 is 0 Å². The van der Waals surface area contributed by atoms with Gasteiger partial charge in [-0.3, -0.25) is 0 Å². The monoisotopic (exact) mass is 328 g/mol. The number of hydrogen-bond donors (Lipinski definition) is 1. The van der Waals surface area contributed by atoms with Crippen LogP contribution in [0.15, 0.2) is 24.3 Å². The van der Waals surface area contributed by atoms with Gasteiger partial charge >= 0.3 is 6.09 Å². The molecule has 1 aromatic carbocycles. The number of cyclic esters (lactones) is 1. The number of amides is 1. The highest BCUT2D eigenvalue weighted by atomic mass is 16.6. The molecule has 2 aliphatic heterocycles. The summed E-state index contributed by atoms with van der Waals surface area (Å²) in [6.45, 7) is 5.29. The van der Waals surface area contributed by atoms with E-state index < -0.39 is 0 Å². The molecule has 0 spiro atoms. The van der Waals surface area contributed by atoms with E-state index in [-0.39, 0.29) is 6.09 Å². The minimum atomic E-state index is -0.159. The van der Waals surface area contributed by atoms with Crippen LogP contribution in [0, 0.1) is 0 Å². The number of aromatic nitrogens is 2. The van der Waals surface area contributed by atoms with Crippen LogP contribution in [0.25, 0.3) is 11.0 Å². The van der Waals surface area contributed by atoms with Crippen molar-refractivity contribution in [2.75, 3.05) is 39.3 Å². The number of likely N-dealkylation sites (tertiary alicyclic amines) is 1. The van der Waals surface area contributed by atoms with E-state index in [4.69, 9.17) is 9.72 Å². The molecule has 1 atom stereocenters. The van der Waals surface area contributed by atoms with Crippen molar-refractivity contribution < 1.29 is 9.53 Å². The zero-order valence-electron chi connectivity index (χ0n) is 13.9. The summed E-state index contributed by atoms with van der Waals surface area (Å²) in [5, 5.41) is 0. The first-order valence-electron chi connectivity index (χ1n) is 8.88. The summed E-state index contributed by atoms with van der Waals surface area (Å²) in [6, 6.07) is 8.22. The number of carbonyl (C=O) groups is 1. The Balaban J connectivity index is 1.32. The van der Waals surface area contributed by atoms with Crippen LogP contribution in [-0.2, 0) is 4.74 Å². The molecule has 6 nitrogen and oxygen atoms in total. The molecule has 0 saturated carbocycles. The number of nitrogens with zero attached hydrogens (tertiary/aromatic N) is 3. The number of nitrogens with one attached hydrogen (secondary N) is 1. The molecule has 128 valence electrons. The van der Waals surface area contributed by atoms with Crippen LogP contribution < -0.4 is 0 Å². The number of H-pyrrole nitrogens is 1. The Labute approximate surface area is 141 Å². The molecule has 24 heavy (non-hydrogen) atoms. The van der Waals surface area contributed by atoms with Gasteiger partial charge in [-0.15, -0.1) is 0 Å². The van der Waals surface area contributed by atoms with Crippen molar-refractivity contribution in [1.29, 1.82) is 0 Å². The topological polar surface area (TPSA) is 61.5 Å².